The van der Waals surface area contributed by atoms with Crippen molar-refractivity contribution in [1.29, 1.82) is 0 Å². The van der Waals surface area contributed by atoms with Gasteiger partial charge in [0.2, 0.25) is 11.8 Å². The Labute approximate surface area is 296 Å². The summed E-state index contributed by atoms with van der Waals surface area (Å²) < 4.78 is 13.1. The molecule has 4 N–H and O–H groups in total. The molecule has 0 saturated carbocycles. The van der Waals surface area contributed by atoms with Crippen molar-refractivity contribution in [3.8, 4) is 11.1 Å². The van der Waals surface area contributed by atoms with E-state index >= 15 is 0 Å². The molecule has 0 aliphatic carbocycles. The topological polar surface area (TPSA) is 147 Å². The van der Waals surface area contributed by atoms with Crippen LogP contribution in [-0.2, 0) is 32.2 Å². The van der Waals surface area contributed by atoms with E-state index in [-0.39, 0.29) is 36.2 Å². The highest BCUT2D eigenvalue weighted by molar-refractivity contribution is 7.99. The number of aromatic carboxylic acids is 1. The lowest BCUT2D eigenvalue weighted by Crippen LogP contribution is -2.31. The van der Waals surface area contributed by atoms with Crippen LogP contribution in [0.4, 0.5) is 0 Å². The summed E-state index contributed by atoms with van der Waals surface area (Å²) in [5.74, 6) is -0.587. The molecular formula is C39H43N3O7S. The van der Waals surface area contributed by atoms with Crippen LogP contribution in [0.3, 0.4) is 0 Å². The minimum absolute atomic E-state index is 0.000902. The number of carbonyl (C=O) groups is 3. The predicted molar refractivity (Wildman–Crippen MR) is 191 cm³/mol. The molecule has 0 radical (unpaired) electrons. The van der Waals surface area contributed by atoms with Gasteiger partial charge >= 0.3 is 5.97 Å². The number of rotatable bonds is 16. The fraction of sp³-hybridized carbons (Fsp3) is 0.333. The van der Waals surface area contributed by atoms with Gasteiger partial charge in [0.1, 0.15) is 5.03 Å². The third-order valence-corrected chi connectivity index (χ3v) is 9.52. The van der Waals surface area contributed by atoms with Crippen molar-refractivity contribution in [3.63, 3.8) is 0 Å². The Hall–Kier alpha value is -4.55. The van der Waals surface area contributed by atoms with Gasteiger partial charge in [0.25, 0.3) is 0 Å². The highest BCUT2D eigenvalue weighted by Gasteiger charge is 2.33. The average Bonchev–Trinajstić information content (AvgIpc) is 3.14. The van der Waals surface area contributed by atoms with Gasteiger partial charge in [-0.25, -0.2) is 9.78 Å². The number of nitrogens with zero attached hydrogens (tertiary/aromatic N) is 1. The van der Waals surface area contributed by atoms with Crippen molar-refractivity contribution in [2.24, 2.45) is 0 Å². The molecule has 1 aliphatic rings. The summed E-state index contributed by atoms with van der Waals surface area (Å²) in [6.07, 6.45) is 3.84. The Morgan fingerprint density at radius 1 is 0.860 bits per heavy atom. The SMILES string of the molecule is CC(=O)NCCCCCC(=O)NCc1cccc(-c2cccc([C@H]3O[C@@H](CSc4ncccc4C(=O)O)C[C@@H](c4ccc(CO)cc4)O3)c2)c1. The summed E-state index contributed by atoms with van der Waals surface area (Å²) in [5.41, 5.74) is 5.72. The first-order valence-electron chi connectivity index (χ1n) is 16.8. The maximum atomic E-state index is 12.4. The first-order valence-corrected chi connectivity index (χ1v) is 17.8. The average molecular weight is 698 g/mol. The third-order valence-electron chi connectivity index (χ3n) is 8.39. The molecule has 5 rings (SSSR count). The summed E-state index contributed by atoms with van der Waals surface area (Å²) in [7, 11) is 0. The number of benzene rings is 3. The van der Waals surface area contributed by atoms with Crippen LogP contribution in [0.15, 0.2) is 96.2 Å². The lowest BCUT2D eigenvalue weighted by atomic mass is 9.99. The second-order valence-electron chi connectivity index (χ2n) is 12.2. The molecule has 1 aromatic heterocycles. The van der Waals surface area contributed by atoms with Crippen LogP contribution >= 0.6 is 11.8 Å². The van der Waals surface area contributed by atoms with E-state index in [9.17, 15) is 24.6 Å². The smallest absolute Gasteiger partial charge is 0.338 e. The molecule has 0 bridgehead atoms. The van der Waals surface area contributed by atoms with Crippen LogP contribution in [0.1, 0.15) is 84.0 Å². The van der Waals surface area contributed by atoms with Crippen LogP contribution in [0.25, 0.3) is 11.1 Å². The van der Waals surface area contributed by atoms with Gasteiger partial charge in [-0.15, -0.1) is 11.8 Å². The van der Waals surface area contributed by atoms with Crippen LogP contribution in [-0.4, -0.2) is 51.4 Å². The number of carbonyl (C=O) groups excluding carboxylic acids is 2. The van der Waals surface area contributed by atoms with Gasteiger partial charge < -0.3 is 30.3 Å². The molecule has 50 heavy (non-hydrogen) atoms. The molecule has 3 atom stereocenters. The minimum Gasteiger partial charge on any atom is -0.478 e. The number of pyridine rings is 1. The molecule has 4 aromatic rings. The van der Waals surface area contributed by atoms with Crippen LogP contribution in [0, 0.1) is 0 Å². The number of hydrogen-bond donors (Lipinski definition) is 4. The number of unbranched alkanes of at least 4 members (excludes halogenated alkanes) is 2. The van der Waals surface area contributed by atoms with Gasteiger partial charge in [-0.2, -0.15) is 0 Å². The summed E-state index contributed by atoms with van der Waals surface area (Å²) >= 11 is 1.35. The van der Waals surface area contributed by atoms with Crippen molar-refractivity contribution in [1.82, 2.24) is 15.6 Å². The van der Waals surface area contributed by atoms with E-state index in [1.807, 2.05) is 66.7 Å². The largest absolute Gasteiger partial charge is 0.478 e. The number of carboxylic acids is 1. The maximum absolute atomic E-state index is 12.4. The molecule has 262 valence electrons. The van der Waals surface area contributed by atoms with E-state index in [2.05, 4.69) is 21.7 Å². The van der Waals surface area contributed by atoms with E-state index < -0.39 is 12.3 Å². The summed E-state index contributed by atoms with van der Waals surface area (Å²) in [5, 5.41) is 25.4. The van der Waals surface area contributed by atoms with Crippen LogP contribution < -0.4 is 10.6 Å². The molecule has 0 spiro atoms. The Bertz CT molecular complexity index is 1750. The molecule has 2 heterocycles. The Balaban J connectivity index is 1.26. The zero-order chi connectivity index (χ0) is 35.3. The monoisotopic (exact) mass is 697 g/mol. The van der Waals surface area contributed by atoms with Crippen molar-refractivity contribution >= 4 is 29.5 Å². The van der Waals surface area contributed by atoms with Gasteiger partial charge in [-0.3, -0.25) is 9.59 Å². The Kier molecular flexibility index (Phi) is 13.5. The van der Waals surface area contributed by atoms with Gasteiger partial charge in [0.05, 0.1) is 24.4 Å². The van der Waals surface area contributed by atoms with Crippen LogP contribution in [0.5, 0.6) is 0 Å². The second-order valence-corrected chi connectivity index (χ2v) is 13.2. The summed E-state index contributed by atoms with van der Waals surface area (Å²) in [4.78, 5) is 39.5. The predicted octanol–water partition coefficient (Wildman–Crippen LogP) is 6.59. The van der Waals surface area contributed by atoms with E-state index in [0.717, 1.165) is 52.6 Å². The van der Waals surface area contributed by atoms with Crippen molar-refractivity contribution in [3.05, 3.63) is 119 Å². The number of nitrogens with one attached hydrogen (secondary N) is 2. The first kappa shape index (κ1) is 36.7. The quantitative estimate of drug-likeness (QED) is 0.0752. The number of aliphatic hydroxyl groups is 1. The molecular weight excluding hydrogens is 655 g/mol. The normalized spacial score (nSPS) is 17.2. The molecule has 2 amide bonds. The highest BCUT2D eigenvalue weighted by atomic mass is 32.2. The second kappa shape index (κ2) is 18.4. The first-order chi connectivity index (χ1) is 24.3. The van der Waals surface area contributed by atoms with Gasteiger partial charge in [0.15, 0.2) is 6.29 Å². The third kappa shape index (κ3) is 10.7. The summed E-state index contributed by atoms with van der Waals surface area (Å²) in [6.45, 7) is 2.50. The van der Waals surface area contributed by atoms with E-state index in [0.29, 0.717) is 36.7 Å². The molecule has 3 aromatic carbocycles. The molecule has 1 fully saturated rings. The lowest BCUT2D eigenvalue weighted by Gasteiger charge is -2.36. The number of aliphatic hydroxyl groups excluding tert-OH is 1. The molecule has 1 saturated heterocycles. The number of amides is 2. The van der Waals surface area contributed by atoms with Crippen LogP contribution in [0.2, 0.25) is 0 Å². The fourth-order valence-electron chi connectivity index (χ4n) is 5.73. The van der Waals surface area contributed by atoms with E-state index in [1.165, 1.54) is 18.7 Å². The number of carboxylic acid groups (broad SMARTS) is 1. The van der Waals surface area contributed by atoms with Gasteiger partial charge in [-0.1, -0.05) is 67.1 Å². The number of ether oxygens (including phenoxy) is 2. The molecule has 11 heteroatoms. The van der Waals surface area contributed by atoms with E-state index in [1.54, 1.807) is 18.3 Å². The zero-order valence-corrected chi connectivity index (χ0v) is 28.9. The van der Waals surface area contributed by atoms with Crippen molar-refractivity contribution < 1.29 is 34.1 Å². The fourth-order valence-corrected chi connectivity index (χ4v) is 6.73. The number of hydrogen-bond acceptors (Lipinski definition) is 8. The summed E-state index contributed by atoms with van der Waals surface area (Å²) in [6, 6.07) is 26.9. The van der Waals surface area contributed by atoms with Gasteiger partial charge in [-0.05, 0) is 64.9 Å². The lowest BCUT2D eigenvalue weighted by molar-refractivity contribution is -0.245. The van der Waals surface area contributed by atoms with Gasteiger partial charge in [0, 0.05) is 50.4 Å². The van der Waals surface area contributed by atoms with Crippen molar-refractivity contribution in [2.75, 3.05) is 12.3 Å². The Morgan fingerprint density at radius 2 is 1.64 bits per heavy atom. The molecule has 1 aliphatic heterocycles. The Morgan fingerprint density at radius 3 is 2.40 bits per heavy atom. The standard InChI is InChI=1S/C39H43N3O7S/c1-26(44)40-18-4-2-3-13-36(45)42-23-28-8-5-9-30(20-28)31-10-6-11-32(21-31)39-48-33(25-50-37-34(38(46)47)12-7-19-41-37)22-35(49-39)29-16-14-27(24-43)15-17-29/h5-12,14-17,19-21,33,35,39,43H,2-4,13,18,22-25H2,1H3,(H,40,44)(H,42,45)(H,46,47)/t33-,35+,39+/m1/s1. The molecule has 10 nitrogen and oxygen atoms in total. The zero-order valence-electron chi connectivity index (χ0n) is 28.0. The number of thioether (sulfide) groups is 1. The number of aromatic nitrogens is 1. The minimum atomic E-state index is -1.02. The van der Waals surface area contributed by atoms with E-state index in [4.69, 9.17) is 9.47 Å². The highest BCUT2D eigenvalue weighted by Crippen LogP contribution is 2.40. The maximum Gasteiger partial charge on any atom is 0.338 e. The molecule has 0 unspecified atom stereocenters. The van der Waals surface area contributed by atoms with Crippen molar-refractivity contribution in [2.45, 2.75) is 75.7 Å².